The van der Waals surface area contributed by atoms with E-state index in [9.17, 15) is 18.0 Å². The van der Waals surface area contributed by atoms with Gasteiger partial charge in [-0.05, 0) is 24.3 Å². The molecule has 1 atom stereocenters. The average molecular weight is 304 g/mol. The van der Waals surface area contributed by atoms with E-state index in [1.54, 1.807) is 0 Å². The minimum atomic E-state index is -4.74. The highest BCUT2D eigenvalue weighted by Crippen LogP contribution is 2.22. The standard InChI is InChI=1S/C13H15F3N2O3/c14-13(15,16)21-10-3-1-9(2-4-10)12(19)18-8-11-7-17-5-6-20-11/h1-4,11,17H,5-8H2,(H,18,19). The van der Waals surface area contributed by atoms with Crippen LogP contribution in [0.2, 0.25) is 0 Å². The lowest BCUT2D eigenvalue weighted by atomic mass is 10.2. The SMILES string of the molecule is O=C(NCC1CNCCO1)c1ccc(OC(F)(F)F)cc1. The van der Waals surface area contributed by atoms with E-state index < -0.39 is 6.36 Å². The number of amides is 1. The lowest BCUT2D eigenvalue weighted by Crippen LogP contribution is -2.45. The van der Waals surface area contributed by atoms with Crippen molar-refractivity contribution in [2.75, 3.05) is 26.2 Å². The normalized spacial score (nSPS) is 19.1. The minimum absolute atomic E-state index is 0.101. The van der Waals surface area contributed by atoms with Gasteiger partial charge in [0, 0.05) is 25.2 Å². The third-order valence-corrected chi connectivity index (χ3v) is 2.84. The number of halogens is 3. The van der Waals surface area contributed by atoms with Crippen molar-refractivity contribution in [1.29, 1.82) is 0 Å². The molecule has 2 N–H and O–H groups in total. The van der Waals surface area contributed by atoms with Gasteiger partial charge in [0.25, 0.3) is 5.91 Å². The largest absolute Gasteiger partial charge is 0.573 e. The van der Waals surface area contributed by atoms with E-state index in [0.29, 0.717) is 19.7 Å². The van der Waals surface area contributed by atoms with Crippen molar-refractivity contribution < 1.29 is 27.4 Å². The molecule has 0 radical (unpaired) electrons. The molecule has 21 heavy (non-hydrogen) atoms. The average Bonchev–Trinajstić information content (AvgIpc) is 2.45. The molecule has 1 aromatic rings. The lowest BCUT2D eigenvalue weighted by molar-refractivity contribution is -0.274. The van der Waals surface area contributed by atoms with Gasteiger partial charge in [-0.3, -0.25) is 4.79 Å². The molecular weight excluding hydrogens is 289 g/mol. The Bertz CT molecular complexity index is 471. The van der Waals surface area contributed by atoms with E-state index in [1.165, 1.54) is 12.1 Å². The summed E-state index contributed by atoms with van der Waals surface area (Å²) in [5.74, 6) is -0.735. The molecule has 1 fully saturated rings. The van der Waals surface area contributed by atoms with Crippen LogP contribution in [0, 0.1) is 0 Å². The van der Waals surface area contributed by atoms with Crippen LogP contribution in [0.3, 0.4) is 0 Å². The molecule has 1 amide bonds. The van der Waals surface area contributed by atoms with E-state index >= 15 is 0 Å². The molecule has 1 aliphatic rings. The van der Waals surface area contributed by atoms with Gasteiger partial charge in [-0.1, -0.05) is 0 Å². The summed E-state index contributed by atoms with van der Waals surface area (Å²) in [5, 5.41) is 5.80. The van der Waals surface area contributed by atoms with Crippen molar-refractivity contribution in [2.45, 2.75) is 12.5 Å². The lowest BCUT2D eigenvalue weighted by Gasteiger charge is -2.23. The number of ether oxygens (including phenoxy) is 2. The first-order chi connectivity index (χ1) is 9.94. The molecule has 116 valence electrons. The van der Waals surface area contributed by atoms with Crippen LogP contribution in [0.15, 0.2) is 24.3 Å². The second-order valence-corrected chi connectivity index (χ2v) is 4.48. The highest BCUT2D eigenvalue weighted by Gasteiger charge is 2.31. The van der Waals surface area contributed by atoms with E-state index in [2.05, 4.69) is 15.4 Å². The fourth-order valence-corrected chi connectivity index (χ4v) is 1.87. The molecule has 0 spiro atoms. The highest BCUT2D eigenvalue weighted by atomic mass is 19.4. The molecule has 0 aliphatic carbocycles. The highest BCUT2D eigenvalue weighted by molar-refractivity contribution is 5.94. The van der Waals surface area contributed by atoms with E-state index in [1.807, 2.05) is 0 Å². The Labute approximate surface area is 119 Å². The van der Waals surface area contributed by atoms with Gasteiger partial charge < -0.3 is 20.1 Å². The number of hydrogen-bond donors (Lipinski definition) is 2. The van der Waals surface area contributed by atoms with Gasteiger partial charge in [0.15, 0.2) is 0 Å². The summed E-state index contributed by atoms with van der Waals surface area (Å²) >= 11 is 0. The number of nitrogens with one attached hydrogen (secondary N) is 2. The molecule has 5 nitrogen and oxygen atoms in total. The van der Waals surface area contributed by atoms with Gasteiger partial charge in [0.2, 0.25) is 0 Å². The predicted octanol–water partition coefficient (Wildman–Crippen LogP) is 1.30. The molecule has 8 heteroatoms. The van der Waals surface area contributed by atoms with Crippen LogP contribution < -0.4 is 15.4 Å². The van der Waals surface area contributed by atoms with E-state index in [4.69, 9.17) is 4.74 Å². The zero-order valence-electron chi connectivity index (χ0n) is 11.1. The molecule has 1 heterocycles. The summed E-state index contributed by atoms with van der Waals surface area (Å²) in [6.07, 6.45) is -4.84. The van der Waals surface area contributed by atoms with Crippen molar-refractivity contribution in [3.63, 3.8) is 0 Å². The molecule has 0 aromatic heterocycles. The molecule has 2 rings (SSSR count). The summed E-state index contributed by atoms with van der Waals surface area (Å²) in [5.41, 5.74) is 0.258. The number of benzene rings is 1. The van der Waals surface area contributed by atoms with Crippen LogP contribution in [-0.2, 0) is 4.74 Å². The quantitative estimate of drug-likeness (QED) is 0.880. The fraction of sp³-hybridized carbons (Fsp3) is 0.462. The second kappa shape index (κ2) is 6.77. The number of rotatable bonds is 4. The first-order valence-electron chi connectivity index (χ1n) is 6.40. The zero-order chi connectivity index (χ0) is 15.3. The first kappa shape index (κ1) is 15.6. The molecule has 1 aromatic carbocycles. The third kappa shape index (κ3) is 5.24. The van der Waals surface area contributed by atoms with Gasteiger partial charge in [-0.2, -0.15) is 0 Å². The Hall–Kier alpha value is -1.80. The smallest absolute Gasteiger partial charge is 0.406 e. The van der Waals surface area contributed by atoms with Crippen molar-refractivity contribution in [3.8, 4) is 5.75 Å². The molecule has 0 bridgehead atoms. The summed E-state index contributed by atoms with van der Waals surface area (Å²) in [6, 6.07) is 4.74. The van der Waals surface area contributed by atoms with Crippen molar-refractivity contribution in [1.82, 2.24) is 10.6 Å². The Morgan fingerprint density at radius 3 is 2.67 bits per heavy atom. The number of alkyl halides is 3. The number of hydrogen-bond acceptors (Lipinski definition) is 4. The summed E-state index contributed by atoms with van der Waals surface area (Å²) in [7, 11) is 0. The van der Waals surface area contributed by atoms with E-state index in [0.717, 1.165) is 18.7 Å². The maximum Gasteiger partial charge on any atom is 0.573 e. The third-order valence-electron chi connectivity index (χ3n) is 2.84. The monoisotopic (exact) mass is 304 g/mol. The van der Waals surface area contributed by atoms with Crippen molar-refractivity contribution in [2.24, 2.45) is 0 Å². The molecular formula is C13H15F3N2O3. The second-order valence-electron chi connectivity index (χ2n) is 4.48. The summed E-state index contributed by atoms with van der Waals surface area (Å²) < 4.78 is 45.2. The van der Waals surface area contributed by atoms with Crippen LogP contribution in [0.25, 0.3) is 0 Å². The van der Waals surface area contributed by atoms with Crippen LogP contribution in [0.4, 0.5) is 13.2 Å². The molecule has 1 unspecified atom stereocenters. The Morgan fingerprint density at radius 2 is 2.10 bits per heavy atom. The number of carbonyl (C=O) groups excluding carboxylic acids is 1. The van der Waals surface area contributed by atoms with Crippen molar-refractivity contribution in [3.05, 3.63) is 29.8 Å². The first-order valence-corrected chi connectivity index (χ1v) is 6.40. The Balaban J connectivity index is 1.84. The Morgan fingerprint density at radius 1 is 1.38 bits per heavy atom. The zero-order valence-corrected chi connectivity index (χ0v) is 11.1. The molecule has 1 aliphatic heterocycles. The fourth-order valence-electron chi connectivity index (χ4n) is 1.87. The maximum atomic E-state index is 12.0. The van der Waals surface area contributed by atoms with Gasteiger partial charge in [0.05, 0.1) is 12.7 Å². The van der Waals surface area contributed by atoms with Gasteiger partial charge in [-0.15, -0.1) is 13.2 Å². The number of carbonyl (C=O) groups is 1. The summed E-state index contributed by atoms with van der Waals surface area (Å²) in [6.45, 7) is 2.36. The van der Waals surface area contributed by atoms with Gasteiger partial charge >= 0.3 is 6.36 Å². The van der Waals surface area contributed by atoms with Gasteiger partial charge in [-0.25, -0.2) is 0 Å². The number of morpholine rings is 1. The molecule has 0 saturated carbocycles. The van der Waals surface area contributed by atoms with Gasteiger partial charge in [0.1, 0.15) is 5.75 Å². The Kier molecular flexibility index (Phi) is 5.03. The predicted molar refractivity (Wildman–Crippen MR) is 68.1 cm³/mol. The topological polar surface area (TPSA) is 59.6 Å². The van der Waals surface area contributed by atoms with Crippen LogP contribution in [0.5, 0.6) is 5.75 Å². The molecule has 1 saturated heterocycles. The van der Waals surface area contributed by atoms with Crippen LogP contribution in [0.1, 0.15) is 10.4 Å². The maximum absolute atomic E-state index is 12.0. The van der Waals surface area contributed by atoms with Crippen LogP contribution in [-0.4, -0.2) is 44.6 Å². The van der Waals surface area contributed by atoms with Crippen LogP contribution >= 0.6 is 0 Å². The van der Waals surface area contributed by atoms with Crippen molar-refractivity contribution >= 4 is 5.91 Å². The minimum Gasteiger partial charge on any atom is -0.406 e. The van der Waals surface area contributed by atoms with E-state index in [-0.39, 0.29) is 23.3 Å². The summed E-state index contributed by atoms with van der Waals surface area (Å²) in [4.78, 5) is 11.8.